The third-order valence-corrected chi connectivity index (χ3v) is 5.26. The lowest BCUT2D eigenvalue weighted by Crippen LogP contribution is -2.63. The summed E-state index contributed by atoms with van der Waals surface area (Å²) >= 11 is 0. The second-order valence-corrected chi connectivity index (χ2v) is 6.45. The molecule has 0 aromatic heterocycles. The summed E-state index contributed by atoms with van der Waals surface area (Å²) in [6, 6.07) is 0.703. The Balaban J connectivity index is 1.97. The van der Waals surface area contributed by atoms with Crippen molar-refractivity contribution in [1.29, 1.82) is 0 Å². The van der Waals surface area contributed by atoms with Crippen LogP contribution in [-0.4, -0.2) is 25.3 Å². The largest absolute Gasteiger partial charge is 0.375 e. The maximum absolute atomic E-state index is 6.37. The van der Waals surface area contributed by atoms with Crippen LogP contribution >= 0.6 is 0 Å². The lowest BCUT2D eigenvalue weighted by atomic mass is 9.58. The van der Waals surface area contributed by atoms with Gasteiger partial charge in [0.1, 0.15) is 0 Å². The predicted molar refractivity (Wildman–Crippen MR) is 76.8 cm³/mol. The lowest BCUT2D eigenvalue weighted by Gasteiger charge is -2.56. The van der Waals surface area contributed by atoms with Crippen LogP contribution in [0.25, 0.3) is 0 Å². The molecule has 2 rings (SSSR count). The Kier molecular flexibility index (Phi) is 5.08. The Morgan fingerprint density at radius 2 is 1.89 bits per heavy atom. The summed E-state index contributed by atoms with van der Waals surface area (Å²) in [6.45, 7) is 4.50. The zero-order chi connectivity index (χ0) is 13.0. The maximum atomic E-state index is 6.37. The molecular weight excluding hydrogens is 222 g/mol. The van der Waals surface area contributed by atoms with E-state index in [1.54, 1.807) is 0 Å². The van der Waals surface area contributed by atoms with Crippen molar-refractivity contribution in [3.63, 3.8) is 0 Å². The van der Waals surface area contributed by atoms with E-state index in [9.17, 15) is 0 Å². The van der Waals surface area contributed by atoms with Gasteiger partial charge in [0.05, 0.1) is 12.2 Å². The molecule has 2 aliphatic rings. The standard InChI is InChI=1S/C16H31NO/c1-4-9-13(2)18-15-12-14(17-3)16(15)10-7-5-6-8-11-16/h13-15,17H,4-12H2,1-3H3. The molecule has 0 bridgehead atoms. The number of hydrogen-bond donors (Lipinski definition) is 1. The smallest absolute Gasteiger partial charge is 0.0664 e. The zero-order valence-electron chi connectivity index (χ0n) is 12.5. The maximum Gasteiger partial charge on any atom is 0.0664 e. The molecule has 1 spiro atoms. The van der Waals surface area contributed by atoms with Gasteiger partial charge in [-0.25, -0.2) is 0 Å². The minimum atomic E-state index is 0.443. The molecule has 2 aliphatic carbocycles. The van der Waals surface area contributed by atoms with Gasteiger partial charge >= 0.3 is 0 Å². The van der Waals surface area contributed by atoms with Crippen LogP contribution in [-0.2, 0) is 4.74 Å². The third kappa shape index (κ3) is 2.75. The normalized spacial score (nSPS) is 32.8. The molecule has 0 aromatic carbocycles. The molecule has 0 amide bonds. The molecule has 2 nitrogen and oxygen atoms in total. The quantitative estimate of drug-likeness (QED) is 0.802. The molecule has 106 valence electrons. The molecule has 2 saturated carbocycles. The summed E-state index contributed by atoms with van der Waals surface area (Å²) in [4.78, 5) is 0. The van der Waals surface area contributed by atoms with Crippen LogP contribution in [0.4, 0.5) is 0 Å². The first-order valence-corrected chi connectivity index (χ1v) is 8.05. The van der Waals surface area contributed by atoms with E-state index in [4.69, 9.17) is 4.74 Å². The van der Waals surface area contributed by atoms with Crippen molar-refractivity contribution in [1.82, 2.24) is 5.32 Å². The van der Waals surface area contributed by atoms with Crippen molar-refractivity contribution in [3.8, 4) is 0 Å². The van der Waals surface area contributed by atoms with E-state index in [0.717, 1.165) is 0 Å². The second-order valence-electron chi connectivity index (χ2n) is 6.45. The van der Waals surface area contributed by atoms with E-state index >= 15 is 0 Å². The molecule has 0 aliphatic heterocycles. The molecule has 2 heteroatoms. The minimum absolute atomic E-state index is 0.443. The molecule has 0 aromatic rings. The number of ether oxygens (including phenoxy) is 1. The summed E-state index contributed by atoms with van der Waals surface area (Å²) < 4.78 is 6.37. The average Bonchev–Trinajstić information content (AvgIpc) is 2.62. The van der Waals surface area contributed by atoms with Gasteiger partial charge in [-0.3, -0.25) is 0 Å². The molecule has 3 unspecified atom stereocenters. The summed E-state index contributed by atoms with van der Waals surface area (Å²) in [7, 11) is 2.13. The van der Waals surface area contributed by atoms with Crippen LogP contribution in [0, 0.1) is 5.41 Å². The summed E-state index contributed by atoms with van der Waals surface area (Å²) in [5.41, 5.74) is 0.466. The van der Waals surface area contributed by atoms with E-state index in [0.29, 0.717) is 23.7 Å². The SMILES string of the molecule is CCCC(C)OC1CC(NC)C12CCCCCC2. The highest BCUT2D eigenvalue weighted by Crippen LogP contribution is 2.52. The van der Waals surface area contributed by atoms with E-state index < -0.39 is 0 Å². The van der Waals surface area contributed by atoms with E-state index in [1.165, 1.54) is 57.8 Å². The zero-order valence-corrected chi connectivity index (χ0v) is 12.5. The Hall–Kier alpha value is -0.0800. The Bertz CT molecular complexity index is 245. The average molecular weight is 253 g/mol. The fraction of sp³-hybridized carbons (Fsp3) is 1.00. The van der Waals surface area contributed by atoms with Crippen molar-refractivity contribution in [3.05, 3.63) is 0 Å². The predicted octanol–water partition coefficient (Wildman–Crippen LogP) is 3.89. The van der Waals surface area contributed by atoms with Crippen LogP contribution in [0.3, 0.4) is 0 Å². The minimum Gasteiger partial charge on any atom is -0.375 e. The highest BCUT2D eigenvalue weighted by molar-refractivity contribution is 5.08. The van der Waals surface area contributed by atoms with Crippen molar-refractivity contribution in [2.45, 2.75) is 89.9 Å². The Morgan fingerprint density at radius 1 is 1.22 bits per heavy atom. The van der Waals surface area contributed by atoms with Crippen LogP contribution < -0.4 is 5.32 Å². The van der Waals surface area contributed by atoms with Gasteiger partial charge < -0.3 is 10.1 Å². The molecule has 2 fully saturated rings. The Morgan fingerprint density at radius 3 is 2.44 bits per heavy atom. The second kappa shape index (κ2) is 6.38. The van der Waals surface area contributed by atoms with Gasteiger partial charge in [-0.1, -0.05) is 39.0 Å². The molecule has 0 heterocycles. The Labute approximate surface area is 113 Å². The van der Waals surface area contributed by atoms with Gasteiger partial charge in [0.25, 0.3) is 0 Å². The van der Waals surface area contributed by atoms with Gasteiger partial charge in [-0.2, -0.15) is 0 Å². The topological polar surface area (TPSA) is 21.3 Å². The van der Waals surface area contributed by atoms with Gasteiger partial charge in [0, 0.05) is 11.5 Å². The van der Waals surface area contributed by atoms with Crippen LogP contribution in [0.2, 0.25) is 0 Å². The van der Waals surface area contributed by atoms with Crippen molar-refractivity contribution < 1.29 is 4.74 Å². The van der Waals surface area contributed by atoms with Crippen molar-refractivity contribution in [2.75, 3.05) is 7.05 Å². The summed E-state index contributed by atoms with van der Waals surface area (Å²) in [5.74, 6) is 0. The molecule has 18 heavy (non-hydrogen) atoms. The molecule has 1 N–H and O–H groups in total. The number of rotatable bonds is 5. The van der Waals surface area contributed by atoms with E-state index in [2.05, 4.69) is 26.2 Å². The van der Waals surface area contributed by atoms with Gasteiger partial charge in [0.15, 0.2) is 0 Å². The van der Waals surface area contributed by atoms with Crippen LogP contribution in [0.1, 0.15) is 71.6 Å². The number of hydrogen-bond acceptors (Lipinski definition) is 2. The molecule has 0 saturated heterocycles. The first kappa shape index (κ1) is 14.3. The third-order valence-electron chi connectivity index (χ3n) is 5.26. The van der Waals surface area contributed by atoms with Crippen molar-refractivity contribution in [2.24, 2.45) is 5.41 Å². The van der Waals surface area contributed by atoms with Crippen LogP contribution in [0.15, 0.2) is 0 Å². The van der Waals surface area contributed by atoms with E-state index in [-0.39, 0.29) is 0 Å². The molecule has 0 radical (unpaired) electrons. The van der Waals surface area contributed by atoms with Gasteiger partial charge in [0.2, 0.25) is 0 Å². The van der Waals surface area contributed by atoms with Gasteiger partial charge in [-0.05, 0) is 39.7 Å². The summed E-state index contributed by atoms with van der Waals surface area (Å²) in [6.07, 6.45) is 13.0. The van der Waals surface area contributed by atoms with Gasteiger partial charge in [-0.15, -0.1) is 0 Å². The summed E-state index contributed by atoms with van der Waals surface area (Å²) in [5, 5.41) is 3.54. The first-order chi connectivity index (χ1) is 8.73. The molecular formula is C16H31NO. The molecule has 3 atom stereocenters. The lowest BCUT2D eigenvalue weighted by molar-refractivity contribution is -0.165. The highest BCUT2D eigenvalue weighted by Gasteiger charge is 2.54. The van der Waals surface area contributed by atoms with E-state index in [1.807, 2.05) is 0 Å². The highest BCUT2D eigenvalue weighted by atomic mass is 16.5. The van der Waals surface area contributed by atoms with Crippen LogP contribution in [0.5, 0.6) is 0 Å². The van der Waals surface area contributed by atoms with Crippen molar-refractivity contribution >= 4 is 0 Å². The first-order valence-electron chi connectivity index (χ1n) is 8.05. The fourth-order valence-corrected chi connectivity index (χ4v) is 4.16. The fourth-order valence-electron chi connectivity index (χ4n) is 4.16. The number of nitrogens with one attached hydrogen (secondary N) is 1. The monoisotopic (exact) mass is 253 g/mol.